The van der Waals surface area contributed by atoms with Crippen LogP contribution >= 0.6 is 0 Å². The van der Waals surface area contributed by atoms with Crippen LogP contribution in [0.25, 0.3) is 0 Å². The highest BCUT2D eigenvalue weighted by molar-refractivity contribution is 6.73. The summed E-state index contributed by atoms with van der Waals surface area (Å²) in [6.07, 6.45) is 0. The van der Waals surface area contributed by atoms with Crippen LogP contribution in [-0.2, 0) is 4.43 Å². The van der Waals surface area contributed by atoms with Gasteiger partial charge in [-0.2, -0.15) is 0 Å². The van der Waals surface area contributed by atoms with Crippen molar-refractivity contribution in [2.24, 2.45) is 0 Å². The molecule has 0 aliphatic carbocycles. The fourth-order valence-corrected chi connectivity index (χ4v) is 0. The van der Waals surface area contributed by atoms with E-state index in [0.29, 0.717) is 0 Å². The van der Waals surface area contributed by atoms with Crippen molar-refractivity contribution < 1.29 is 4.43 Å². The van der Waals surface area contributed by atoms with Crippen LogP contribution in [0.1, 0.15) is 29.7 Å². The molecule has 17 heavy (non-hydrogen) atoms. The minimum atomic E-state index is -1.13. The first kappa shape index (κ1) is 36.0. The monoisotopic (exact) mass is 285 g/mol. The van der Waals surface area contributed by atoms with Crippen molar-refractivity contribution in [2.45, 2.75) is 69.0 Å². The Labute approximate surface area is 116 Å². The fourth-order valence-electron chi connectivity index (χ4n) is 0. The van der Waals surface area contributed by atoms with Gasteiger partial charge in [0.2, 0.25) is 0 Å². The summed E-state index contributed by atoms with van der Waals surface area (Å²) in [5, 5.41) is 0. The molecule has 0 fully saturated rings. The van der Waals surface area contributed by atoms with Gasteiger partial charge in [0.05, 0.1) is 0 Å². The molecule has 0 radical (unpaired) electrons. The molecule has 0 aromatic heterocycles. The molecule has 4 heteroatoms. The highest BCUT2D eigenvalue weighted by Gasteiger charge is 2.14. The zero-order valence-corrected chi connectivity index (χ0v) is 12.9. The molecule has 2 nitrogen and oxygen atoms in total. The summed E-state index contributed by atoms with van der Waals surface area (Å²) in [7, 11) is 4.03. The smallest absolute Gasteiger partial charge is 0.183 e. The molecule has 0 aromatic carbocycles. The van der Waals surface area contributed by atoms with Crippen molar-refractivity contribution in [3.8, 4) is 0 Å². The lowest BCUT2D eigenvalue weighted by atomic mass is 11.3. The van der Waals surface area contributed by atoms with Gasteiger partial charge in [-0.3, -0.25) is 0 Å². The Morgan fingerprint density at radius 3 is 0.824 bits per heavy atom. The highest BCUT2D eigenvalue weighted by Crippen LogP contribution is 2.01. The third kappa shape index (κ3) is 38.5. The number of hydrogen-bond acceptors (Lipinski definition) is 2. The Morgan fingerprint density at radius 2 is 0.824 bits per heavy atom. The molecule has 0 amide bonds. The molecule has 0 saturated heterocycles. The van der Waals surface area contributed by atoms with Crippen molar-refractivity contribution in [1.29, 1.82) is 0 Å². The maximum absolute atomic E-state index is 5.08. The van der Waals surface area contributed by atoms with Gasteiger partial charge in [0.25, 0.3) is 0 Å². The Morgan fingerprint density at radius 1 is 0.706 bits per heavy atom. The van der Waals surface area contributed by atoms with E-state index in [4.69, 9.17) is 4.43 Å². The molecule has 0 aromatic rings. The molecule has 0 bridgehead atoms. The molecule has 0 aliphatic rings. The van der Waals surface area contributed by atoms with Crippen LogP contribution < -0.4 is 0 Å². The highest BCUT2D eigenvalue weighted by atomic mass is 28.4. The second-order valence-electron chi connectivity index (χ2n) is 5.38. The molecule has 0 rings (SSSR count). The number of hydrogen-bond donors (Lipinski definition) is 0. The van der Waals surface area contributed by atoms with Crippen LogP contribution in [0.3, 0.4) is 0 Å². The summed E-state index contributed by atoms with van der Waals surface area (Å²) >= 11 is 0. The summed E-state index contributed by atoms with van der Waals surface area (Å²) in [6.45, 7) is 13.5. The molecule has 114 valence electrons. The van der Waals surface area contributed by atoms with Gasteiger partial charge in [0.1, 0.15) is 8.24 Å². The molecule has 0 atom stereocenters. The molecule has 0 spiro atoms. The van der Waals surface area contributed by atoms with Gasteiger partial charge in [0, 0.05) is 7.11 Å². The normalized spacial score (nSPS) is 9.53. The Hall–Kier alpha value is 0.354. The van der Waals surface area contributed by atoms with E-state index in [9.17, 15) is 0 Å². The maximum atomic E-state index is 5.08. The molecule has 0 saturated carbocycles. The van der Waals surface area contributed by atoms with Crippen molar-refractivity contribution in [2.75, 3.05) is 21.2 Å². The predicted molar refractivity (Wildman–Crippen MR) is 94.3 cm³/mol. The zero-order valence-electron chi connectivity index (χ0n) is 10.9. The predicted octanol–water partition coefficient (Wildman–Crippen LogP) is 5.40. The molecular formula is C13H43NOSi2. The average molecular weight is 286 g/mol. The Balaban J connectivity index is -0.0000000290. The van der Waals surface area contributed by atoms with E-state index in [1.807, 2.05) is 0 Å². The van der Waals surface area contributed by atoms with Gasteiger partial charge in [-0.25, -0.2) is 0 Å². The standard InChI is InChI=1S/C5H15NSi.C4H12OSi.4CH4/c1-6(2)7(3,4)5;1-5-6(2,3)4;;;;/h1-5H3;1-4H3;4*1H4. The van der Waals surface area contributed by atoms with E-state index in [1.54, 1.807) is 7.11 Å². The maximum Gasteiger partial charge on any atom is 0.183 e. The van der Waals surface area contributed by atoms with E-state index in [1.165, 1.54) is 0 Å². The Bertz CT molecular complexity index is 126. The first-order chi connectivity index (χ1) is 5.50. The fraction of sp³-hybridized carbons (Fsp3) is 1.00. The number of rotatable bonds is 2. The van der Waals surface area contributed by atoms with E-state index < -0.39 is 16.6 Å². The molecule has 0 aliphatic heterocycles. The zero-order chi connectivity index (χ0) is 11.3. The summed E-state index contributed by atoms with van der Waals surface area (Å²) in [5.74, 6) is 0. The third-order valence-corrected chi connectivity index (χ3v) is 5.86. The molecular weight excluding hydrogens is 242 g/mol. The van der Waals surface area contributed by atoms with Crippen molar-refractivity contribution in [3.63, 3.8) is 0 Å². The van der Waals surface area contributed by atoms with Gasteiger partial charge in [-0.15, -0.1) is 0 Å². The van der Waals surface area contributed by atoms with Gasteiger partial charge in [-0.05, 0) is 33.7 Å². The van der Waals surface area contributed by atoms with Gasteiger partial charge >= 0.3 is 0 Å². The lowest BCUT2D eigenvalue weighted by molar-refractivity contribution is 0.411. The van der Waals surface area contributed by atoms with E-state index in [-0.39, 0.29) is 29.7 Å². The van der Waals surface area contributed by atoms with Crippen LogP contribution in [0, 0.1) is 0 Å². The second-order valence-corrected chi connectivity index (χ2v) is 15.3. The van der Waals surface area contributed by atoms with E-state index in [0.717, 1.165) is 0 Å². The van der Waals surface area contributed by atoms with Crippen molar-refractivity contribution >= 4 is 16.6 Å². The van der Waals surface area contributed by atoms with Crippen molar-refractivity contribution in [1.82, 2.24) is 4.57 Å². The third-order valence-electron chi connectivity index (χ3n) is 1.95. The van der Waals surface area contributed by atoms with Crippen LogP contribution in [0.2, 0.25) is 39.3 Å². The lowest BCUT2D eigenvalue weighted by Gasteiger charge is -2.24. The van der Waals surface area contributed by atoms with Crippen LogP contribution in [0.15, 0.2) is 0 Å². The van der Waals surface area contributed by atoms with Gasteiger partial charge < -0.3 is 8.99 Å². The van der Waals surface area contributed by atoms with Crippen LogP contribution in [-0.4, -0.2) is 42.3 Å². The average Bonchev–Trinajstić information content (AvgIpc) is 1.85. The van der Waals surface area contributed by atoms with Gasteiger partial charge in [0.15, 0.2) is 8.32 Å². The number of nitrogens with zero attached hydrogens (tertiary/aromatic N) is 1. The summed E-state index contributed by atoms with van der Waals surface area (Å²) in [5.41, 5.74) is 0. The minimum absolute atomic E-state index is 0. The van der Waals surface area contributed by atoms with Gasteiger partial charge in [-0.1, -0.05) is 49.3 Å². The topological polar surface area (TPSA) is 12.5 Å². The van der Waals surface area contributed by atoms with Crippen LogP contribution in [0.5, 0.6) is 0 Å². The lowest BCUT2D eigenvalue weighted by Crippen LogP contribution is -2.39. The SMILES string of the molecule is C.C.C.C.CN(C)[Si](C)(C)C.CO[Si](C)(C)C. The summed E-state index contributed by atoms with van der Waals surface area (Å²) in [4.78, 5) is 0. The van der Waals surface area contributed by atoms with E-state index in [2.05, 4.69) is 57.9 Å². The second kappa shape index (κ2) is 14.4. The van der Waals surface area contributed by atoms with Crippen molar-refractivity contribution in [3.05, 3.63) is 0 Å². The molecule has 0 heterocycles. The summed E-state index contributed by atoms with van der Waals surface area (Å²) < 4.78 is 7.40. The largest absolute Gasteiger partial charge is 0.421 e. The minimum Gasteiger partial charge on any atom is -0.421 e. The van der Waals surface area contributed by atoms with Crippen LogP contribution in [0.4, 0.5) is 0 Å². The first-order valence-corrected chi connectivity index (χ1v) is 11.6. The van der Waals surface area contributed by atoms with E-state index >= 15 is 0 Å². The Kier molecular flexibility index (Phi) is 30.5. The molecule has 0 unspecified atom stereocenters. The summed E-state index contributed by atoms with van der Waals surface area (Å²) in [6, 6.07) is 0. The molecule has 0 N–H and O–H groups in total. The quantitative estimate of drug-likeness (QED) is 0.630. The first-order valence-electron chi connectivity index (χ1n) is 4.73.